The molecule has 0 atom stereocenters. The Hall–Kier alpha value is -2.58. The van der Waals surface area contributed by atoms with Gasteiger partial charge in [0, 0.05) is 25.9 Å². The van der Waals surface area contributed by atoms with Crippen molar-refractivity contribution < 1.29 is 27.4 Å². The smallest absolute Gasteiger partial charge is 0.375 e. The Morgan fingerprint density at radius 2 is 1.84 bits per heavy atom. The summed E-state index contributed by atoms with van der Waals surface area (Å²) in [6.45, 7) is 2.20. The van der Waals surface area contributed by atoms with Crippen LogP contribution in [0.25, 0.3) is 0 Å². The van der Waals surface area contributed by atoms with E-state index in [1.54, 1.807) is 18.1 Å². The van der Waals surface area contributed by atoms with Crippen LogP contribution in [-0.4, -0.2) is 44.3 Å². The minimum atomic E-state index is -4.33. The molecule has 0 saturated carbocycles. The number of rotatable bonds is 5. The van der Waals surface area contributed by atoms with E-state index in [0.717, 1.165) is 24.5 Å². The maximum atomic E-state index is 12.9. The molecule has 0 unspecified atom stereocenters. The molecule has 32 heavy (non-hydrogen) atoms. The van der Waals surface area contributed by atoms with Gasteiger partial charge < -0.3 is 19.7 Å². The SMILES string of the molecule is COC1(c2ccc(NC(=O)N3CCC(Cc4cccc(C(F)(F)F)c4)CC3)cc2)COC1. The van der Waals surface area contributed by atoms with Crippen molar-refractivity contribution in [1.82, 2.24) is 4.90 Å². The highest BCUT2D eigenvalue weighted by molar-refractivity contribution is 5.89. The van der Waals surface area contributed by atoms with Crippen molar-refractivity contribution in [3.05, 3.63) is 65.2 Å². The van der Waals surface area contributed by atoms with Gasteiger partial charge in [-0.1, -0.05) is 30.3 Å². The number of anilines is 1. The van der Waals surface area contributed by atoms with Gasteiger partial charge in [0.15, 0.2) is 0 Å². The summed E-state index contributed by atoms with van der Waals surface area (Å²) < 4.78 is 49.6. The number of hydrogen-bond acceptors (Lipinski definition) is 3. The molecule has 2 saturated heterocycles. The zero-order valence-electron chi connectivity index (χ0n) is 18.0. The summed E-state index contributed by atoms with van der Waals surface area (Å²) in [5.74, 6) is 0.261. The summed E-state index contributed by atoms with van der Waals surface area (Å²) in [5.41, 5.74) is 1.40. The third-order valence-electron chi connectivity index (χ3n) is 6.40. The molecule has 2 amide bonds. The quantitative estimate of drug-likeness (QED) is 0.695. The van der Waals surface area contributed by atoms with Crippen molar-refractivity contribution in [1.29, 1.82) is 0 Å². The number of piperidine rings is 1. The van der Waals surface area contributed by atoms with E-state index in [1.165, 1.54) is 12.1 Å². The second-order valence-corrected chi connectivity index (χ2v) is 8.53. The summed E-state index contributed by atoms with van der Waals surface area (Å²) in [6.07, 6.45) is -2.21. The number of amides is 2. The normalized spacial score (nSPS) is 18.8. The molecule has 2 aliphatic rings. The van der Waals surface area contributed by atoms with E-state index in [9.17, 15) is 18.0 Å². The Morgan fingerprint density at radius 1 is 1.16 bits per heavy atom. The number of halogens is 3. The first-order valence-electron chi connectivity index (χ1n) is 10.7. The molecule has 2 heterocycles. The van der Waals surface area contributed by atoms with Crippen LogP contribution in [0.1, 0.15) is 29.5 Å². The van der Waals surface area contributed by atoms with Gasteiger partial charge in [0.05, 0.1) is 18.8 Å². The van der Waals surface area contributed by atoms with Gasteiger partial charge in [-0.15, -0.1) is 0 Å². The summed E-state index contributed by atoms with van der Waals surface area (Å²) in [4.78, 5) is 14.4. The Kier molecular flexibility index (Phi) is 6.44. The molecular weight excluding hydrogens is 421 g/mol. The van der Waals surface area contributed by atoms with Gasteiger partial charge in [0.1, 0.15) is 5.60 Å². The third-order valence-corrected chi connectivity index (χ3v) is 6.40. The summed E-state index contributed by atoms with van der Waals surface area (Å²) >= 11 is 0. The fraction of sp³-hybridized carbons (Fsp3) is 0.458. The number of carbonyl (C=O) groups is 1. The van der Waals surface area contributed by atoms with Gasteiger partial charge in [-0.2, -0.15) is 13.2 Å². The highest BCUT2D eigenvalue weighted by atomic mass is 19.4. The largest absolute Gasteiger partial charge is 0.416 e. The first-order chi connectivity index (χ1) is 15.3. The molecule has 2 aromatic carbocycles. The molecule has 8 heteroatoms. The van der Waals surface area contributed by atoms with Gasteiger partial charge in [0.25, 0.3) is 0 Å². The van der Waals surface area contributed by atoms with Crippen LogP contribution in [0, 0.1) is 5.92 Å². The molecule has 5 nitrogen and oxygen atoms in total. The Balaban J connectivity index is 1.28. The molecule has 2 fully saturated rings. The topological polar surface area (TPSA) is 50.8 Å². The van der Waals surface area contributed by atoms with Crippen molar-refractivity contribution in [2.45, 2.75) is 31.0 Å². The highest BCUT2D eigenvalue weighted by Gasteiger charge is 2.40. The van der Waals surface area contributed by atoms with Crippen LogP contribution in [0.15, 0.2) is 48.5 Å². The fourth-order valence-corrected chi connectivity index (χ4v) is 4.30. The molecule has 2 aliphatic heterocycles. The minimum absolute atomic E-state index is 0.163. The van der Waals surface area contributed by atoms with Gasteiger partial charge >= 0.3 is 12.2 Å². The Morgan fingerprint density at radius 3 is 2.41 bits per heavy atom. The van der Waals surface area contributed by atoms with Crippen LogP contribution >= 0.6 is 0 Å². The zero-order chi connectivity index (χ0) is 22.8. The van der Waals surface area contributed by atoms with Gasteiger partial charge in [0.2, 0.25) is 0 Å². The number of hydrogen-bond donors (Lipinski definition) is 1. The summed E-state index contributed by atoms with van der Waals surface area (Å²) in [5, 5.41) is 2.92. The first-order valence-corrected chi connectivity index (χ1v) is 10.7. The molecule has 0 aromatic heterocycles. The number of alkyl halides is 3. The van der Waals surface area contributed by atoms with E-state index < -0.39 is 17.3 Å². The predicted octanol–water partition coefficient (Wildman–Crippen LogP) is 5.06. The molecule has 4 rings (SSSR count). The molecule has 0 radical (unpaired) electrons. The van der Waals surface area contributed by atoms with E-state index in [0.29, 0.717) is 44.0 Å². The predicted molar refractivity (Wildman–Crippen MR) is 114 cm³/mol. The lowest BCUT2D eigenvalue weighted by Gasteiger charge is -2.40. The standard InChI is InChI=1S/C24H27F3N2O3/c1-31-23(15-32-16-23)19-5-7-21(8-6-19)28-22(30)29-11-9-17(10-12-29)13-18-3-2-4-20(14-18)24(25,26)27/h2-8,14,17H,9-13,15-16H2,1H3,(H,28,30). The maximum Gasteiger partial charge on any atom is 0.416 e. The number of urea groups is 1. The van der Waals surface area contributed by atoms with Gasteiger partial charge in [-0.3, -0.25) is 0 Å². The fourth-order valence-electron chi connectivity index (χ4n) is 4.30. The van der Waals surface area contributed by atoms with Crippen LogP contribution in [-0.2, 0) is 27.7 Å². The van der Waals surface area contributed by atoms with Crippen LogP contribution in [0.5, 0.6) is 0 Å². The number of carbonyl (C=O) groups excluding carboxylic acids is 1. The van der Waals surface area contributed by atoms with E-state index >= 15 is 0 Å². The average molecular weight is 448 g/mol. The highest BCUT2D eigenvalue weighted by Crippen LogP contribution is 2.34. The Bertz CT molecular complexity index is 929. The third kappa shape index (κ3) is 4.91. The van der Waals surface area contributed by atoms with E-state index in [1.807, 2.05) is 24.3 Å². The molecule has 2 aromatic rings. The van der Waals surface area contributed by atoms with Crippen LogP contribution in [0.2, 0.25) is 0 Å². The molecule has 0 spiro atoms. The molecule has 0 aliphatic carbocycles. The van der Waals surface area contributed by atoms with Crippen molar-refractivity contribution >= 4 is 11.7 Å². The Labute approximate surface area is 185 Å². The van der Waals surface area contributed by atoms with Crippen molar-refractivity contribution in [2.75, 3.05) is 38.7 Å². The number of nitrogens with one attached hydrogen (secondary N) is 1. The number of likely N-dealkylation sites (tertiary alicyclic amines) is 1. The lowest BCUT2D eigenvalue weighted by molar-refractivity contribution is -0.202. The van der Waals surface area contributed by atoms with Crippen LogP contribution in [0.3, 0.4) is 0 Å². The summed E-state index contributed by atoms with van der Waals surface area (Å²) in [7, 11) is 1.66. The molecule has 0 bridgehead atoms. The maximum absolute atomic E-state index is 12.9. The molecular formula is C24H27F3N2O3. The average Bonchev–Trinajstić information content (AvgIpc) is 2.75. The summed E-state index contributed by atoms with van der Waals surface area (Å²) in [6, 6.07) is 12.9. The van der Waals surface area contributed by atoms with Crippen LogP contribution < -0.4 is 5.32 Å². The lowest BCUT2D eigenvalue weighted by Crippen LogP contribution is -2.48. The number of benzene rings is 2. The molecule has 172 valence electrons. The number of ether oxygens (including phenoxy) is 2. The second-order valence-electron chi connectivity index (χ2n) is 8.53. The van der Waals surface area contributed by atoms with E-state index in [2.05, 4.69) is 5.32 Å². The number of nitrogens with zero attached hydrogens (tertiary/aromatic N) is 1. The van der Waals surface area contributed by atoms with Crippen molar-refractivity contribution in [2.24, 2.45) is 5.92 Å². The first kappa shape index (κ1) is 22.6. The molecule has 1 N–H and O–H groups in total. The van der Waals surface area contributed by atoms with Crippen LogP contribution in [0.4, 0.5) is 23.7 Å². The van der Waals surface area contributed by atoms with E-state index in [-0.39, 0.29) is 11.9 Å². The van der Waals surface area contributed by atoms with Gasteiger partial charge in [-0.25, -0.2) is 4.79 Å². The zero-order valence-corrected chi connectivity index (χ0v) is 18.0. The van der Waals surface area contributed by atoms with E-state index in [4.69, 9.17) is 9.47 Å². The van der Waals surface area contributed by atoms with Crippen molar-refractivity contribution in [3.8, 4) is 0 Å². The lowest BCUT2D eigenvalue weighted by atomic mass is 9.90. The van der Waals surface area contributed by atoms with Gasteiger partial charge in [-0.05, 0) is 54.5 Å². The number of methoxy groups -OCH3 is 1. The monoisotopic (exact) mass is 448 g/mol. The second kappa shape index (κ2) is 9.11. The minimum Gasteiger partial charge on any atom is -0.375 e. The van der Waals surface area contributed by atoms with Crippen molar-refractivity contribution in [3.63, 3.8) is 0 Å².